The van der Waals surface area contributed by atoms with Gasteiger partial charge < -0.3 is 16.0 Å². The summed E-state index contributed by atoms with van der Waals surface area (Å²) < 4.78 is 13.2. The molecule has 5 nitrogen and oxygen atoms in total. The number of nitrogens with zero attached hydrogens (tertiary/aromatic N) is 1. The lowest BCUT2D eigenvalue weighted by Gasteiger charge is -2.26. The molecule has 2 aromatic carbocycles. The van der Waals surface area contributed by atoms with Crippen molar-refractivity contribution in [1.29, 1.82) is 0 Å². The van der Waals surface area contributed by atoms with Crippen LogP contribution < -0.4 is 16.0 Å². The van der Waals surface area contributed by atoms with Crippen LogP contribution in [-0.4, -0.2) is 32.0 Å². The van der Waals surface area contributed by atoms with Crippen molar-refractivity contribution < 1.29 is 9.18 Å². The highest BCUT2D eigenvalue weighted by Gasteiger charge is 2.24. The lowest BCUT2D eigenvalue weighted by molar-refractivity contribution is -0.116. The van der Waals surface area contributed by atoms with Crippen LogP contribution in [0, 0.1) is 5.82 Å². The Balaban J connectivity index is 0.00000280. The van der Waals surface area contributed by atoms with E-state index < -0.39 is 0 Å². The largest absolute Gasteiger partial charge is 0.356 e. The number of hydrogen-bond donors (Lipinski definition) is 3. The first-order valence-corrected chi connectivity index (χ1v) is 9.23. The number of benzene rings is 2. The Bertz CT molecular complexity index is 828. The molecule has 0 aromatic heterocycles. The minimum atomic E-state index is -0.199. The second kappa shape index (κ2) is 11.0. The minimum absolute atomic E-state index is 0. The van der Waals surface area contributed by atoms with E-state index in [0.717, 1.165) is 36.2 Å². The molecule has 0 bridgehead atoms. The Morgan fingerprint density at radius 2 is 2.04 bits per heavy atom. The number of carbonyl (C=O) groups is 1. The summed E-state index contributed by atoms with van der Waals surface area (Å²) in [5.41, 5.74) is 3.02. The monoisotopic (exact) mass is 496 g/mol. The van der Waals surface area contributed by atoms with E-state index in [-0.39, 0.29) is 41.6 Å². The molecule has 1 unspecified atom stereocenters. The maximum absolute atomic E-state index is 13.2. The van der Waals surface area contributed by atoms with Gasteiger partial charge in [-0.3, -0.25) is 9.79 Å². The molecule has 0 radical (unpaired) electrons. The Labute approximate surface area is 182 Å². The Kier molecular flexibility index (Phi) is 8.69. The number of nitrogens with one attached hydrogen (secondary N) is 3. The number of amides is 1. The summed E-state index contributed by atoms with van der Waals surface area (Å²) >= 11 is 0. The van der Waals surface area contributed by atoms with Crippen molar-refractivity contribution in [3.8, 4) is 0 Å². The number of aryl methyl sites for hydroxylation is 1. The van der Waals surface area contributed by atoms with Gasteiger partial charge in [-0.05, 0) is 42.2 Å². The van der Waals surface area contributed by atoms with E-state index in [9.17, 15) is 9.18 Å². The van der Waals surface area contributed by atoms with Crippen LogP contribution in [0.25, 0.3) is 0 Å². The van der Waals surface area contributed by atoms with Crippen LogP contribution in [0.15, 0.2) is 53.5 Å². The molecule has 1 aliphatic rings. The molecule has 0 aliphatic carbocycles. The summed E-state index contributed by atoms with van der Waals surface area (Å²) in [7, 11) is 1.73. The maximum Gasteiger partial charge on any atom is 0.225 e. The predicted octanol–water partition coefficient (Wildman–Crippen LogP) is 3.67. The highest BCUT2D eigenvalue weighted by Crippen LogP contribution is 2.31. The summed E-state index contributed by atoms with van der Waals surface area (Å²) in [6, 6.07) is 14.6. The molecule has 1 amide bonds. The van der Waals surface area contributed by atoms with Crippen molar-refractivity contribution in [3.63, 3.8) is 0 Å². The fraction of sp³-hybridized carbons (Fsp3) is 0.333. The second-order valence-corrected chi connectivity index (χ2v) is 6.65. The van der Waals surface area contributed by atoms with Gasteiger partial charge in [0, 0.05) is 38.2 Å². The third-order valence-electron chi connectivity index (χ3n) is 4.67. The number of guanidine groups is 1. The summed E-state index contributed by atoms with van der Waals surface area (Å²) in [6.07, 6.45) is 2.14. The Hall–Kier alpha value is -2.16. The number of aliphatic imine (C=N–C) groups is 1. The zero-order chi connectivity index (χ0) is 19.1. The number of para-hydroxylation sites is 1. The van der Waals surface area contributed by atoms with E-state index >= 15 is 0 Å². The lowest BCUT2D eigenvalue weighted by atomic mass is 9.90. The third kappa shape index (κ3) is 6.19. The average Bonchev–Trinajstić information content (AvgIpc) is 2.67. The molecular formula is C21H26FIN4O. The molecule has 0 spiro atoms. The maximum atomic E-state index is 13.2. The Morgan fingerprint density at radius 3 is 2.82 bits per heavy atom. The van der Waals surface area contributed by atoms with Gasteiger partial charge in [0.25, 0.3) is 0 Å². The van der Waals surface area contributed by atoms with E-state index in [4.69, 9.17) is 0 Å². The van der Waals surface area contributed by atoms with Gasteiger partial charge in [0.15, 0.2) is 5.96 Å². The van der Waals surface area contributed by atoms with Crippen molar-refractivity contribution >= 4 is 41.5 Å². The molecular weight excluding hydrogens is 470 g/mol. The van der Waals surface area contributed by atoms with Crippen molar-refractivity contribution in [2.45, 2.75) is 25.2 Å². The Morgan fingerprint density at radius 1 is 1.21 bits per heavy atom. The molecule has 2 aromatic rings. The standard InChI is InChI=1S/C21H25FN4O.HI/c1-23-21(24-11-5-7-15-6-4-8-17(22)12-15)25-14-16-13-20(27)26-19-10-3-2-9-18(16)19;/h2-4,6,8-10,12,16H,5,7,11,13-14H2,1H3,(H,26,27)(H2,23,24,25);1H. The second-order valence-electron chi connectivity index (χ2n) is 6.65. The molecule has 1 atom stereocenters. The van der Waals surface area contributed by atoms with Crippen LogP contribution in [0.2, 0.25) is 0 Å². The summed E-state index contributed by atoms with van der Waals surface area (Å²) in [4.78, 5) is 16.1. The topological polar surface area (TPSA) is 65.5 Å². The number of hydrogen-bond acceptors (Lipinski definition) is 2. The summed E-state index contributed by atoms with van der Waals surface area (Å²) in [6.45, 7) is 1.37. The highest BCUT2D eigenvalue weighted by atomic mass is 127. The van der Waals surface area contributed by atoms with Crippen LogP contribution in [0.3, 0.4) is 0 Å². The van der Waals surface area contributed by atoms with Gasteiger partial charge in [0.05, 0.1) is 0 Å². The zero-order valence-electron chi connectivity index (χ0n) is 15.9. The number of halogens is 2. The summed E-state index contributed by atoms with van der Waals surface area (Å²) in [5, 5.41) is 9.49. The van der Waals surface area contributed by atoms with E-state index in [1.54, 1.807) is 19.2 Å². The van der Waals surface area contributed by atoms with E-state index in [0.29, 0.717) is 18.9 Å². The molecule has 3 rings (SSSR count). The van der Waals surface area contributed by atoms with Gasteiger partial charge in [-0.2, -0.15) is 0 Å². The number of carbonyl (C=O) groups excluding carboxylic acids is 1. The minimum Gasteiger partial charge on any atom is -0.356 e. The number of rotatable bonds is 6. The molecule has 150 valence electrons. The predicted molar refractivity (Wildman–Crippen MR) is 122 cm³/mol. The first kappa shape index (κ1) is 22.1. The first-order valence-electron chi connectivity index (χ1n) is 9.23. The van der Waals surface area contributed by atoms with Gasteiger partial charge >= 0.3 is 0 Å². The molecule has 7 heteroatoms. The molecule has 0 fully saturated rings. The molecule has 0 saturated carbocycles. The van der Waals surface area contributed by atoms with Crippen LogP contribution in [0.4, 0.5) is 10.1 Å². The molecule has 28 heavy (non-hydrogen) atoms. The third-order valence-corrected chi connectivity index (χ3v) is 4.67. The lowest BCUT2D eigenvalue weighted by Crippen LogP contribution is -2.41. The smallest absolute Gasteiger partial charge is 0.225 e. The normalized spacial score (nSPS) is 15.9. The fourth-order valence-corrected chi connectivity index (χ4v) is 3.32. The quantitative estimate of drug-likeness (QED) is 0.248. The zero-order valence-corrected chi connectivity index (χ0v) is 18.2. The van der Waals surface area contributed by atoms with Gasteiger partial charge in [0.2, 0.25) is 5.91 Å². The van der Waals surface area contributed by atoms with Crippen molar-refractivity contribution in [2.75, 3.05) is 25.5 Å². The van der Waals surface area contributed by atoms with Crippen molar-refractivity contribution in [3.05, 3.63) is 65.5 Å². The summed E-state index contributed by atoms with van der Waals surface area (Å²) in [5.74, 6) is 0.659. The van der Waals surface area contributed by atoms with Crippen LogP contribution >= 0.6 is 24.0 Å². The van der Waals surface area contributed by atoms with E-state index in [1.165, 1.54) is 6.07 Å². The van der Waals surface area contributed by atoms with Crippen molar-refractivity contribution in [2.24, 2.45) is 4.99 Å². The SMILES string of the molecule is CN=C(NCCCc1cccc(F)c1)NCC1CC(=O)Nc2ccccc21.I. The molecule has 3 N–H and O–H groups in total. The number of anilines is 1. The van der Waals surface area contributed by atoms with E-state index in [1.807, 2.05) is 24.3 Å². The van der Waals surface area contributed by atoms with Gasteiger partial charge in [-0.15, -0.1) is 24.0 Å². The van der Waals surface area contributed by atoms with Gasteiger partial charge in [0.1, 0.15) is 5.82 Å². The first-order chi connectivity index (χ1) is 13.2. The average molecular weight is 496 g/mol. The van der Waals surface area contributed by atoms with Crippen LogP contribution in [0.5, 0.6) is 0 Å². The van der Waals surface area contributed by atoms with Crippen molar-refractivity contribution in [1.82, 2.24) is 10.6 Å². The molecule has 0 saturated heterocycles. The van der Waals surface area contributed by atoms with Crippen LogP contribution in [-0.2, 0) is 11.2 Å². The van der Waals surface area contributed by atoms with Gasteiger partial charge in [-0.1, -0.05) is 30.3 Å². The van der Waals surface area contributed by atoms with Crippen LogP contribution in [0.1, 0.15) is 29.9 Å². The highest BCUT2D eigenvalue weighted by molar-refractivity contribution is 14.0. The molecule has 1 heterocycles. The fourth-order valence-electron chi connectivity index (χ4n) is 3.32. The molecule has 1 aliphatic heterocycles. The number of fused-ring (bicyclic) bond motifs is 1. The van der Waals surface area contributed by atoms with E-state index in [2.05, 4.69) is 27.0 Å². The van der Waals surface area contributed by atoms with Gasteiger partial charge in [-0.25, -0.2) is 4.39 Å².